The van der Waals surface area contributed by atoms with Crippen LogP contribution in [0.25, 0.3) is 11.3 Å². The highest BCUT2D eigenvalue weighted by molar-refractivity contribution is 5.93. The predicted octanol–water partition coefficient (Wildman–Crippen LogP) is 3.16. The summed E-state index contributed by atoms with van der Waals surface area (Å²) in [7, 11) is 1.71. The summed E-state index contributed by atoms with van der Waals surface area (Å²) in [6, 6.07) is 9.75. The largest absolute Gasteiger partial charge is 0.356 e. The number of aromatic nitrogens is 4. The van der Waals surface area contributed by atoms with Crippen molar-refractivity contribution in [2.75, 3.05) is 36.4 Å². The molecule has 1 fully saturated rings. The molecular weight excluding hydrogens is 409 g/mol. The fraction of sp³-hybridized carbons (Fsp3) is 0.391. The highest BCUT2D eigenvalue weighted by Crippen LogP contribution is 2.20. The van der Waals surface area contributed by atoms with Crippen LogP contribution >= 0.6 is 0 Å². The van der Waals surface area contributed by atoms with Gasteiger partial charge in [0.2, 0.25) is 5.95 Å². The topological polar surface area (TPSA) is 88.0 Å². The van der Waals surface area contributed by atoms with Gasteiger partial charge in [-0.1, -0.05) is 0 Å². The zero-order valence-corrected chi connectivity index (χ0v) is 18.4. The third kappa shape index (κ3) is 5.22. The average Bonchev–Trinajstić information content (AvgIpc) is 3.19. The van der Waals surface area contributed by atoms with Gasteiger partial charge in [-0.05, 0) is 56.5 Å². The van der Waals surface area contributed by atoms with Crippen molar-refractivity contribution in [3.05, 3.63) is 53.6 Å². The van der Waals surface area contributed by atoms with Crippen LogP contribution in [0.4, 0.5) is 16.2 Å². The van der Waals surface area contributed by atoms with Gasteiger partial charge in [0.15, 0.2) is 0 Å². The Hall–Kier alpha value is -3.49. The molecule has 1 aromatic carbocycles. The molecule has 4 rings (SSSR count). The van der Waals surface area contributed by atoms with Crippen molar-refractivity contribution in [2.45, 2.75) is 26.2 Å². The van der Waals surface area contributed by atoms with Crippen LogP contribution in [0.15, 0.2) is 36.4 Å². The molecule has 8 nitrogen and oxygen atoms in total. The van der Waals surface area contributed by atoms with Crippen molar-refractivity contribution in [3.8, 4) is 11.3 Å². The van der Waals surface area contributed by atoms with Crippen molar-refractivity contribution in [1.29, 1.82) is 0 Å². The molecule has 3 aromatic rings. The van der Waals surface area contributed by atoms with E-state index in [9.17, 15) is 9.18 Å². The summed E-state index contributed by atoms with van der Waals surface area (Å²) in [4.78, 5) is 24.0. The van der Waals surface area contributed by atoms with Crippen molar-refractivity contribution >= 4 is 17.7 Å². The van der Waals surface area contributed by atoms with Crippen molar-refractivity contribution < 1.29 is 9.18 Å². The van der Waals surface area contributed by atoms with Gasteiger partial charge in [-0.2, -0.15) is 10.1 Å². The molecule has 1 aliphatic heterocycles. The summed E-state index contributed by atoms with van der Waals surface area (Å²) in [5.41, 5.74) is 2.72. The predicted molar refractivity (Wildman–Crippen MR) is 122 cm³/mol. The number of anilines is 2. The fourth-order valence-corrected chi connectivity index (χ4v) is 3.80. The Morgan fingerprint density at radius 1 is 1.06 bits per heavy atom. The molecule has 3 heterocycles. The lowest BCUT2D eigenvalue weighted by Gasteiger charge is -2.28. The third-order valence-electron chi connectivity index (χ3n) is 5.47. The molecule has 32 heavy (non-hydrogen) atoms. The molecular formula is C23H28FN7O. The number of piperidine rings is 1. The molecule has 2 aromatic heterocycles. The lowest BCUT2D eigenvalue weighted by molar-refractivity contribution is 0.0945. The average molecular weight is 438 g/mol. The van der Waals surface area contributed by atoms with E-state index in [1.807, 2.05) is 13.0 Å². The van der Waals surface area contributed by atoms with E-state index >= 15 is 0 Å². The SMILES string of the molecule is Cc1cc(N2CCCCC2)nc(NCCNC(=O)c2cc(-c3ccc(F)cc3)nn2C)n1. The van der Waals surface area contributed by atoms with E-state index < -0.39 is 0 Å². The van der Waals surface area contributed by atoms with E-state index in [2.05, 4.69) is 30.6 Å². The monoisotopic (exact) mass is 437 g/mol. The summed E-state index contributed by atoms with van der Waals surface area (Å²) >= 11 is 0. The molecule has 168 valence electrons. The lowest BCUT2D eigenvalue weighted by atomic mass is 10.1. The Kier molecular flexibility index (Phi) is 6.63. The molecule has 2 N–H and O–H groups in total. The van der Waals surface area contributed by atoms with Gasteiger partial charge in [0.25, 0.3) is 5.91 Å². The number of benzene rings is 1. The Balaban J connectivity index is 1.32. The van der Waals surface area contributed by atoms with Gasteiger partial charge in [0.1, 0.15) is 17.3 Å². The van der Waals surface area contributed by atoms with Gasteiger partial charge in [0, 0.05) is 50.6 Å². The van der Waals surface area contributed by atoms with Gasteiger partial charge >= 0.3 is 0 Å². The summed E-state index contributed by atoms with van der Waals surface area (Å²) in [6.45, 7) is 4.92. The molecule has 0 spiro atoms. The zero-order valence-electron chi connectivity index (χ0n) is 18.4. The van der Waals surface area contributed by atoms with Crippen LogP contribution in [0, 0.1) is 12.7 Å². The number of amides is 1. The number of hydrogen-bond acceptors (Lipinski definition) is 6. The minimum atomic E-state index is -0.309. The Labute approximate surface area is 186 Å². The van der Waals surface area contributed by atoms with E-state index in [0.717, 1.165) is 30.2 Å². The summed E-state index contributed by atoms with van der Waals surface area (Å²) in [5, 5.41) is 10.5. The third-order valence-corrected chi connectivity index (χ3v) is 5.47. The van der Waals surface area contributed by atoms with E-state index in [4.69, 9.17) is 0 Å². The number of hydrogen-bond donors (Lipinski definition) is 2. The van der Waals surface area contributed by atoms with E-state index in [1.165, 1.54) is 36.1 Å². The van der Waals surface area contributed by atoms with Crippen molar-refractivity contribution in [3.63, 3.8) is 0 Å². The molecule has 1 saturated heterocycles. The molecule has 9 heteroatoms. The minimum Gasteiger partial charge on any atom is -0.356 e. The molecule has 0 unspecified atom stereocenters. The van der Waals surface area contributed by atoms with Crippen molar-refractivity contribution in [1.82, 2.24) is 25.1 Å². The number of nitrogens with one attached hydrogen (secondary N) is 2. The second kappa shape index (κ2) is 9.76. The van der Waals surface area contributed by atoms with Crippen LogP contribution in [0.5, 0.6) is 0 Å². The standard InChI is InChI=1S/C23H28FN7O/c1-16-14-21(31-12-4-3-5-13-31)28-23(27-16)26-11-10-25-22(32)20-15-19(29-30(20)2)17-6-8-18(24)9-7-17/h6-9,14-15H,3-5,10-13H2,1-2H3,(H,25,32)(H,26,27,28). The van der Waals surface area contributed by atoms with Gasteiger partial charge in [0.05, 0.1) is 5.69 Å². The second-order valence-corrected chi connectivity index (χ2v) is 7.97. The first-order valence-corrected chi connectivity index (χ1v) is 10.9. The number of rotatable bonds is 7. The number of carbonyl (C=O) groups is 1. The van der Waals surface area contributed by atoms with Crippen LogP contribution in [-0.4, -0.2) is 51.8 Å². The van der Waals surface area contributed by atoms with Gasteiger partial charge < -0.3 is 15.5 Å². The number of halogens is 1. The second-order valence-electron chi connectivity index (χ2n) is 7.97. The molecule has 1 aliphatic rings. The van der Waals surface area contributed by atoms with Gasteiger partial charge in [-0.15, -0.1) is 0 Å². The smallest absolute Gasteiger partial charge is 0.269 e. The van der Waals surface area contributed by atoms with Crippen LogP contribution in [0.1, 0.15) is 35.4 Å². The highest BCUT2D eigenvalue weighted by Gasteiger charge is 2.15. The number of aryl methyl sites for hydroxylation is 2. The van der Waals surface area contributed by atoms with Crippen molar-refractivity contribution in [2.24, 2.45) is 7.05 Å². The normalized spacial score (nSPS) is 13.8. The maximum absolute atomic E-state index is 13.1. The highest BCUT2D eigenvalue weighted by atomic mass is 19.1. The number of carbonyl (C=O) groups excluding carboxylic acids is 1. The first kappa shape index (κ1) is 21.7. The van der Waals surface area contributed by atoms with E-state index in [1.54, 1.807) is 25.2 Å². The van der Waals surface area contributed by atoms with Gasteiger partial charge in [-0.25, -0.2) is 9.37 Å². The van der Waals surface area contributed by atoms with Crippen LogP contribution < -0.4 is 15.5 Å². The molecule has 0 saturated carbocycles. The summed E-state index contributed by atoms with van der Waals surface area (Å²) < 4.78 is 14.7. The zero-order chi connectivity index (χ0) is 22.5. The maximum atomic E-state index is 13.1. The molecule has 0 aliphatic carbocycles. The maximum Gasteiger partial charge on any atom is 0.269 e. The molecule has 0 bridgehead atoms. The lowest BCUT2D eigenvalue weighted by Crippen LogP contribution is -2.31. The van der Waals surface area contributed by atoms with Crippen LogP contribution in [-0.2, 0) is 7.05 Å². The van der Waals surface area contributed by atoms with Crippen LogP contribution in [0.3, 0.4) is 0 Å². The first-order valence-electron chi connectivity index (χ1n) is 10.9. The summed E-state index contributed by atoms with van der Waals surface area (Å²) in [6.07, 6.45) is 3.65. The molecule has 0 atom stereocenters. The summed E-state index contributed by atoms with van der Waals surface area (Å²) in [5.74, 6) is 0.982. The Bertz CT molecular complexity index is 1070. The first-order chi connectivity index (χ1) is 15.5. The quantitative estimate of drug-likeness (QED) is 0.552. The van der Waals surface area contributed by atoms with Gasteiger partial charge in [-0.3, -0.25) is 9.48 Å². The van der Waals surface area contributed by atoms with E-state index in [0.29, 0.717) is 30.4 Å². The Morgan fingerprint density at radius 2 is 1.81 bits per heavy atom. The minimum absolute atomic E-state index is 0.227. The molecule has 1 amide bonds. The fourth-order valence-electron chi connectivity index (χ4n) is 3.80. The van der Waals surface area contributed by atoms with E-state index in [-0.39, 0.29) is 11.7 Å². The number of nitrogens with zero attached hydrogens (tertiary/aromatic N) is 5. The Morgan fingerprint density at radius 3 is 2.56 bits per heavy atom. The van der Waals surface area contributed by atoms with Crippen LogP contribution in [0.2, 0.25) is 0 Å². The molecule has 0 radical (unpaired) electrons.